The van der Waals surface area contributed by atoms with Crippen molar-refractivity contribution in [2.75, 3.05) is 5.32 Å². The third kappa shape index (κ3) is 3.75. The summed E-state index contributed by atoms with van der Waals surface area (Å²) in [4.78, 5) is 13.2. The minimum absolute atomic E-state index is 0.148. The Bertz CT molecular complexity index is 1120. The van der Waals surface area contributed by atoms with Crippen molar-refractivity contribution in [2.24, 2.45) is 0 Å². The summed E-state index contributed by atoms with van der Waals surface area (Å²) in [5.74, 6) is -0.107. The Morgan fingerprint density at radius 3 is 2.56 bits per heavy atom. The van der Waals surface area contributed by atoms with Crippen molar-refractivity contribution in [3.63, 3.8) is 0 Å². The lowest BCUT2D eigenvalue weighted by Gasteiger charge is -2.13. The van der Waals surface area contributed by atoms with Gasteiger partial charge in [-0.05, 0) is 30.3 Å². The van der Waals surface area contributed by atoms with Gasteiger partial charge in [-0.3, -0.25) is 4.79 Å². The van der Waals surface area contributed by atoms with Crippen LogP contribution in [0.1, 0.15) is 10.4 Å². The number of amides is 1. The van der Waals surface area contributed by atoms with Gasteiger partial charge in [0.1, 0.15) is 11.3 Å². The number of aromatic hydroxyl groups is 1. The van der Waals surface area contributed by atoms with E-state index in [9.17, 15) is 9.90 Å². The third-order valence-electron chi connectivity index (χ3n) is 3.87. The van der Waals surface area contributed by atoms with E-state index in [1.165, 1.54) is 23.1 Å². The van der Waals surface area contributed by atoms with Gasteiger partial charge < -0.3 is 10.4 Å². The molecule has 134 valence electrons. The molecule has 0 aliphatic heterocycles. The largest absolute Gasteiger partial charge is 0.506 e. The second-order valence-electron chi connectivity index (χ2n) is 5.58. The number of carbonyl (C=O) groups is 1. The molecule has 4 rings (SSSR count). The molecule has 0 saturated heterocycles. The highest BCUT2D eigenvalue weighted by atomic mass is 35.5. The molecule has 1 amide bonds. The highest BCUT2D eigenvalue weighted by Crippen LogP contribution is 2.42. The maximum absolute atomic E-state index is 12.6. The van der Waals surface area contributed by atoms with E-state index in [1.807, 2.05) is 24.3 Å². The molecule has 0 bridgehead atoms. The van der Waals surface area contributed by atoms with Crippen molar-refractivity contribution in [1.82, 2.24) is 10.2 Å². The quantitative estimate of drug-likeness (QED) is 0.435. The molecule has 1 aromatic heterocycles. The Kier molecular flexibility index (Phi) is 4.98. The number of phenolic OH excluding ortho intramolecular Hbond substituents is 1. The molecule has 0 aliphatic carbocycles. The Balaban J connectivity index is 1.75. The second kappa shape index (κ2) is 7.56. The molecule has 0 unspecified atom stereocenters. The van der Waals surface area contributed by atoms with Gasteiger partial charge in [-0.2, -0.15) is 0 Å². The zero-order chi connectivity index (χ0) is 18.8. The van der Waals surface area contributed by atoms with Crippen LogP contribution in [-0.2, 0) is 0 Å². The molecule has 0 spiro atoms. The molecule has 0 saturated carbocycles. The highest BCUT2D eigenvalue weighted by molar-refractivity contribution is 8.01. The number of nitrogens with zero attached hydrogens (tertiary/aromatic N) is 2. The number of nitrogens with one attached hydrogen (secondary N) is 1. The first-order chi connectivity index (χ1) is 13.1. The Labute approximate surface area is 168 Å². The zero-order valence-electron chi connectivity index (χ0n) is 13.7. The molecule has 0 radical (unpaired) electrons. The standard InChI is InChI=1S/C19H12ClN3O2S2/c20-12-7-5-11(6-8-12)18(25)22-15-9-16(27-19-23-21-10-26-19)17(24)14-4-2-1-3-13(14)15/h1-10,24H,(H,22,25). The van der Waals surface area contributed by atoms with E-state index < -0.39 is 0 Å². The number of aromatic nitrogens is 2. The fourth-order valence-electron chi connectivity index (χ4n) is 2.61. The molecule has 0 atom stereocenters. The summed E-state index contributed by atoms with van der Waals surface area (Å²) >= 11 is 8.57. The van der Waals surface area contributed by atoms with Gasteiger partial charge in [0, 0.05) is 21.4 Å². The topological polar surface area (TPSA) is 75.1 Å². The predicted octanol–water partition coefficient (Wildman–Crippen LogP) is 5.45. The normalized spacial score (nSPS) is 10.9. The second-order valence-corrected chi connectivity index (χ2v) is 8.14. The number of anilines is 1. The molecular formula is C19H12ClN3O2S2. The molecule has 8 heteroatoms. The predicted molar refractivity (Wildman–Crippen MR) is 109 cm³/mol. The maximum atomic E-state index is 12.6. The summed E-state index contributed by atoms with van der Waals surface area (Å²) in [7, 11) is 0. The van der Waals surface area contributed by atoms with Crippen LogP contribution in [0.3, 0.4) is 0 Å². The Morgan fingerprint density at radius 1 is 1.11 bits per heavy atom. The summed E-state index contributed by atoms with van der Waals surface area (Å²) in [6.07, 6.45) is 0. The fourth-order valence-corrected chi connectivity index (χ4v) is 4.27. The molecule has 3 aromatic carbocycles. The summed E-state index contributed by atoms with van der Waals surface area (Å²) in [6, 6.07) is 15.8. The van der Waals surface area contributed by atoms with Gasteiger partial charge in [-0.1, -0.05) is 59.0 Å². The summed E-state index contributed by atoms with van der Waals surface area (Å²) < 4.78 is 0.704. The van der Waals surface area contributed by atoms with E-state index in [0.717, 1.165) is 5.39 Å². The molecule has 27 heavy (non-hydrogen) atoms. The fraction of sp³-hybridized carbons (Fsp3) is 0. The minimum atomic E-state index is -0.255. The van der Waals surface area contributed by atoms with Crippen LogP contribution in [0.25, 0.3) is 10.8 Å². The minimum Gasteiger partial charge on any atom is -0.506 e. The van der Waals surface area contributed by atoms with Gasteiger partial charge in [0.05, 0.1) is 10.6 Å². The molecule has 4 aromatic rings. The van der Waals surface area contributed by atoms with Crippen LogP contribution in [-0.4, -0.2) is 21.2 Å². The number of benzene rings is 3. The van der Waals surface area contributed by atoms with E-state index in [1.54, 1.807) is 35.8 Å². The average Bonchev–Trinajstić information content (AvgIpc) is 3.19. The first kappa shape index (κ1) is 17.8. The number of phenols is 1. The lowest BCUT2D eigenvalue weighted by atomic mass is 10.1. The molecular weight excluding hydrogens is 402 g/mol. The Morgan fingerprint density at radius 2 is 1.85 bits per heavy atom. The van der Waals surface area contributed by atoms with E-state index in [2.05, 4.69) is 15.5 Å². The van der Waals surface area contributed by atoms with Gasteiger partial charge in [0.15, 0.2) is 4.34 Å². The van der Waals surface area contributed by atoms with Gasteiger partial charge in [0.2, 0.25) is 0 Å². The van der Waals surface area contributed by atoms with Crippen molar-refractivity contribution < 1.29 is 9.90 Å². The van der Waals surface area contributed by atoms with Gasteiger partial charge in [-0.25, -0.2) is 0 Å². The van der Waals surface area contributed by atoms with Crippen LogP contribution in [0.4, 0.5) is 5.69 Å². The van der Waals surface area contributed by atoms with Crippen LogP contribution >= 0.6 is 34.7 Å². The van der Waals surface area contributed by atoms with Crippen LogP contribution in [0.5, 0.6) is 5.75 Å². The van der Waals surface area contributed by atoms with E-state index in [-0.39, 0.29) is 11.7 Å². The van der Waals surface area contributed by atoms with Crippen molar-refractivity contribution in [2.45, 2.75) is 9.24 Å². The average molecular weight is 414 g/mol. The van der Waals surface area contributed by atoms with Crippen molar-refractivity contribution in [3.05, 3.63) is 70.7 Å². The number of halogens is 1. The molecule has 5 nitrogen and oxygen atoms in total. The third-order valence-corrected chi connectivity index (χ3v) is 5.93. The van der Waals surface area contributed by atoms with E-state index >= 15 is 0 Å². The van der Waals surface area contributed by atoms with Crippen LogP contribution in [0.15, 0.2) is 69.3 Å². The van der Waals surface area contributed by atoms with Crippen LogP contribution in [0, 0.1) is 0 Å². The molecule has 2 N–H and O–H groups in total. The summed E-state index contributed by atoms with van der Waals surface area (Å²) in [5, 5.41) is 23.4. The van der Waals surface area contributed by atoms with Gasteiger partial charge in [0.25, 0.3) is 5.91 Å². The number of carbonyl (C=O) groups excluding carboxylic acids is 1. The van der Waals surface area contributed by atoms with Crippen molar-refractivity contribution in [1.29, 1.82) is 0 Å². The lowest BCUT2D eigenvalue weighted by Crippen LogP contribution is -2.12. The van der Waals surface area contributed by atoms with Gasteiger partial charge >= 0.3 is 0 Å². The first-order valence-corrected chi connectivity index (χ1v) is 9.95. The van der Waals surface area contributed by atoms with E-state index in [0.29, 0.717) is 30.9 Å². The SMILES string of the molecule is O=C(Nc1cc(Sc2nncs2)c(O)c2ccccc12)c1ccc(Cl)cc1. The monoisotopic (exact) mass is 413 g/mol. The molecule has 0 fully saturated rings. The van der Waals surface area contributed by atoms with Crippen molar-refractivity contribution >= 4 is 57.1 Å². The van der Waals surface area contributed by atoms with Crippen LogP contribution in [0.2, 0.25) is 5.02 Å². The lowest BCUT2D eigenvalue weighted by molar-refractivity contribution is 0.102. The highest BCUT2D eigenvalue weighted by Gasteiger charge is 2.16. The molecule has 0 aliphatic rings. The first-order valence-electron chi connectivity index (χ1n) is 7.87. The summed E-state index contributed by atoms with van der Waals surface area (Å²) in [6.45, 7) is 0. The van der Waals surface area contributed by atoms with Gasteiger partial charge in [-0.15, -0.1) is 10.2 Å². The van der Waals surface area contributed by atoms with Crippen LogP contribution < -0.4 is 5.32 Å². The number of hydrogen-bond donors (Lipinski definition) is 2. The number of rotatable bonds is 4. The maximum Gasteiger partial charge on any atom is 0.255 e. The summed E-state index contributed by atoms with van der Waals surface area (Å²) in [5.41, 5.74) is 2.73. The number of hydrogen-bond acceptors (Lipinski definition) is 6. The number of fused-ring (bicyclic) bond motifs is 1. The van der Waals surface area contributed by atoms with E-state index in [4.69, 9.17) is 11.6 Å². The smallest absolute Gasteiger partial charge is 0.255 e. The zero-order valence-corrected chi connectivity index (χ0v) is 16.1. The Hall–Kier alpha value is -2.61. The molecule has 1 heterocycles. The van der Waals surface area contributed by atoms with Crippen molar-refractivity contribution in [3.8, 4) is 5.75 Å².